The van der Waals surface area contributed by atoms with E-state index < -0.39 is 21.7 Å². The maximum atomic E-state index is 13.3. The predicted octanol–water partition coefficient (Wildman–Crippen LogP) is 4.39. The van der Waals surface area contributed by atoms with Crippen molar-refractivity contribution < 1.29 is 17.6 Å². The molecule has 160 valence electrons. The van der Waals surface area contributed by atoms with E-state index in [1.165, 1.54) is 46.8 Å². The summed E-state index contributed by atoms with van der Waals surface area (Å²) in [6, 6.07) is 14.8. The van der Waals surface area contributed by atoms with Crippen molar-refractivity contribution in [2.24, 2.45) is 0 Å². The number of amides is 1. The Labute approximate surface area is 180 Å². The zero-order valence-electron chi connectivity index (χ0n) is 16.7. The highest BCUT2D eigenvalue weighted by Crippen LogP contribution is 2.35. The van der Waals surface area contributed by atoms with Crippen LogP contribution in [0.15, 0.2) is 78.0 Å². The Bertz CT molecular complexity index is 1170. The third-order valence-corrected chi connectivity index (χ3v) is 7.25. The van der Waals surface area contributed by atoms with Gasteiger partial charge in [0.2, 0.25) is 10.0 Å². The smallest absolute Gasteiger partial charge is 0.255 e. The minimum atomic E-state index is -3.72. The van der Waals surface area contributed by atoms with Crippen molar-refractivity contribution in [1.29, 1.82) is 0 Å². The average molecular weight is 440 g/mol. The molecule has 1 aliphatic heterocycles. The van der Waals surface area contributed by atoms with Crippen LogP contribution in [0.25, 0.3) is 0 Å². The normalized spacial score (nSPS) is 17.3. The minimum Gasteiger partial charge on any atom is -0.322 e. The molecule has 1 aliphatic rings. The molecule has 6 nitrogen and oxygen atoms in total. The minimum absolute atomic E-state index is 0.159. The monoisotopic (exact) mass is 439 g/mol. The number of sulfonamides is 1. The predicted molar refractivity (Wildman–Crippen MR) is 116 cm³/mol. The zero-order valence-corrected chi connectivity index (χ0v) is 17.6. The number of carbonyl (C=O) groups excluding carboxylic acids is 1. The molecule has 1 saturated heterocycles. The Morgan fingerprint density at radius 2 is 1.87 bits per heavy atom. The third kappa shape index (κ3) is 4.65. The van der Waals surface area contributed by atoms with E-state index in [1.54, 1.807) is 12.4 Å². The van der Waals surface area contributed by atoms with Crippen LogP contribution in [-0.4, -0.2) is 30.2 Å². The molecule has 0 bridgehead atoms. The molecule has 0 radical (unpaired) electrons. The van der Waals surface area contributed by atoms with E-state index in [4.69, 9.17) is 0 Å². The molecule has 2 heterocycles. The quantitative estimate of drug-likeness (QED) is 0.640. The summed E-state index contributed by atoms with van der Waals surface area (Å²) in [5.41, 5.74) is 1.49. The van der Waals surface area contributed by atoms with Crippen LogP contribution in [0.2, 0.25) is 0 Å². The number of hydrogen-bond donors (Lipinski definition) is 1. The molecular weight excluding hydrogens is 417 g/mol. The van der Waals surface area contributed by atoms with Crippen molar-refractivity contribution in [3.63, 3.8) is 0 Å². The van der Waals surface area contributed by atoms with Gasteiger partial charge in [0.15, 0.2) is 0 Å². The van der Waals surface area contributed by atoms with Gasteiger partial charge in [0.05, 0.1) is 10.9 Å². The molecule has 8 heteroatoms. The van der Waals surface area contributed by atoms with Gasteiger partial charge in [-0.05, 0) is 66.9 Å². The van der Waals surface area contributed by atoms with Gasteiger partial charge in [-0.1, -0.05) is 18.6 Å². The van der Waals surface area contributed by atoms with Crippen LogP contribution >= 0.6 is 0 Å². The summed E-state index contributed by atoms with van der Waals surface area (Å²) in [5, 5.41) is 2.66. The number of carbonyl (C=O) groups is 1. The molecule has 0 aliphatic carbocycles. The first-order valence-electron chi connectivity index (χ1n) is 10.0. The number of aromatic nitrogens is 1. The topological polar surface area (TPSA) is 79.4 Å². The number of hydrogen-bond acceptors (Lipinski definition) is 4. The van der Waals surface area contributed by atoms with Gasteiger partial charge in [-0.3, -0.25) is 9.78 Å². The van der Waals surface area contributed by atoms with Gasteiger partial charge in [0, 0.05) is 30.2 Å². The summed E-state index contributed by atoms with van der Waals surface area (Å²) >= 11 is 0. The van der Waals surface area contributed by atoms with Crippen LogP contribution in [0.4, 0.5) is 10.1 Å². The van der Waals surface area contributed by atoms with Crippen LogP contribution in [0.3, 0.4) is 0 Å². The molecule has 1 fully saturated rings. The molecule has 1 amide bonds. The van der Waals surface area contributed by atoms with Crippen molar-refractivity contribution in [1.82, 2.24) is 9.29 Å². The van der Waals surface area contributed by atoms with Gasteiger partial charge in [-0.25, -0.2) is 12.8 Å². The lowest BCUT2D eigenvalue weighted by atomic mass is 9.99. The Balaban J connectivity index is 1.54. The number of benzene rings is 2. The number of nitrogens with one attached hydrogen (secondary N) is 1. The molecule has 1 N–H and O–H groups in total. The molecule has 1 atom stereocenters. The number of piperidine rings is 1. The van der Waals surface area contributed by atoms with Gasteiger partial charge in [-0.15, -0.1) is 0 Å². The summed E-state index contributed by atoms with van der Waals surface area (Å²) in [7, 11) is -3.72. The molecule has 1 aromatic heterocycles. The first kappa shape index (κ1) is 21.1. The summed E-state index contributed by atoms with van der Waals surface area (Å²) in [6.07, 6.45) is 5.88. The Hall–Kier alpha value is -3.10. The van der Waals surface area contributed by atoms with E-state index in [0.717, 1.165) is 30.9 Å². The van der Waals surface area contributed by atoms with Gasteiger partial charge in [0.25, 0.3) is 5.91 Å². The van der Waals surface area contributed by atoms with Gasteiger partial charge >= 0.3 is 0 Å². The fourth-order valence-electron chi connectivity index (χ4n) is 3.78. The highest BCUT2D eigenvalue weighted by atomic mass is 32.2. The van der Waals surface area contributed by atoms with Crippen molar-refractivity contribution in [3.05, 3.63) is 90.0 Å². The van der Waals surface area contributed by atoms with Gasteiger partial charge < -0.3 is 5.32 Å². The van der Waals surface area contributed by atoms with Crippen LogP contribution < -0.4 is 5.32 Å². The summed E-state index contributed by atoms with van der Waals surface area (Å²) in [5.74, 6) is -0.971. The van der Waals surface area contributed by atoms with Crippen molar-refractivity contribution in [2.45, 2.75) is 30.2 Å². The van der Waals surface area contributed by atoms with E-state index in [1.807, 2.05) is 12.1 Å². The van der Waals surface area contributed by atoms with E-state index in [2.05, 4.69) is 10.3 Å². The first-order valence-corrected chi connectivity index (χ1v) is 11.5. The molecule has 2 aromatic carbocycles. The van der Waals surface area contributed by atoms with Gasteiger partial charge in [-0.2, -0.15) is 4.31 Å². The lowest BCUT2D eigenvalue weighted by Crippen LogP contribution is -2.38. The third-order valence-electron chi connectivity index (χ3n) is 5.33. The first-order chi connectivity index (χ1) is 14.9. The van der Waals surface area contributed by atoms with Crippen LogP contribution in [0, 0.1) is 5.82 Å². The number of anilines is 1. The fraction of sp³-hybridized carbons (Fsp3) is 0.217. The second-order valence-corrected chi connectivity index (χ2v) is 9.29. The molecule has 31 heavy (non-hydrogen) atoms. The lowest BCUT2D eigenvalue weighted by Gasteiger charge is -2.34. The van der Waals surface area contributed by atoms with E-state index >= 15 is 0 Å². The van der Waals surface area contributed by atoms with Crippen LogP contribution in [0.1, 0.15) is 41.2 Å². The van der Waals surface area contributed by atoms with Gasteiger partial charge in [0.1, 0.15) is 5.82 Å². The Kier molecular flexibility index (Phi) is 6.11. The standard InChI is InChI=1S/C23H22FN3O3S/c24-19-7-3-5-17(15-19)23(28)26-20-9-11-21(12-10-20)31(29,30)27-14-2-1-8-22(27)18-6-4-13-25-16-18/h3-7,9-13,15-16,22H,1-2,8,14H2,(H,26,28)/t22-/m1/s1. The largest absolute Gasteiger partial charge is 0.322 e. The number of rotatable bonds is 5. The number of halogens is 1. The molecule has 0 saturated carbocycles. The van der Waals surface area contributed by atoms with E-state index in [9.17, 15) is 17.6 Å². The van der Waals surface area contributed by atoms with Crippen molar-refractivity contribution in [2.75, 3.05) is 11.9 Å². The van der Waals surface area contributed by atoms with Crippen molar-refractivity contribution >= 4 is 21.6 Å². The van der Waals surface area contributed by atoms with Crippen LogP contribution in [-0.2, 0) is 10.0 Å². The van der Waals surface area contributed by atoms with E-state index in [0.29, 0.717) is 12.2 Å². The molecule has 3 aromatic rings. The highest BCUT2D eigenvalue weighted by molar-refractivity contribution is 7.89. The highest BCUT2D eigenvalue weighted by Gasteiger charge is 2.34. The van der Waals surface area contributed by atoms with E-state index in [-0.39, 0.29) is 16.5 Å². The SMILES string of the molecule is O=C(Nc1ccc(S(=O)(=O)N2CCCC[C@@H]2c2cccnc2)cc1)c1cccc(F)c1. The summed E-state index contributed by atoms with van der Waals surface area (Å²) < 4.78 is 41.5. The molecule has 4 rings (SSSR count). The Morgan fingerprint density at radius 3 is 2.58 bits per heavy atom. The maximum Gasteiger partial charge on any atom is 0.255 e. The zero-order chi connectivity index (χ0) is 21.8. The lowest BCUT2D eigenvalue weighted by molar-refractivity contribution is 0.102. The Morgan fingerprint density at radius 1 is 1.06 bits per heavy atom. The fourth-order valence-corrected chi connectivity index (χ4v) is 5.46. The maximum absolute atomic E-state index is 13.3. The second-order valence-electron chi connectivity index (χ2n) is 7.40. The molecule has 0 unspecified atom stereocenters. The summed E-state index contributed by atoms with van der Waals surface area (Å²) in [4.78, 5) is 16.6. The summed E-state index contributed by atoms with van der Waals surface area (Å²) in [6.45, 7) is 0.444. The average Bonchev–Trinajstić information content (AvgIpc) is 2.80. The molecular formula is C23H22FN3O3S. The van der Waals surface area contributed by atoms with Crippen LogP contribution in [0.5, 0.6) is 0 Å². The second kappa shape index (κ2) is 8.95. The number of nitrogens with zero attached hydrogens (tertiary/aromatic N) is 2. The molecule has 0 spiro atoms. The van der Waals surface area contributed by atoms with Crippen molar-refractivity contribution in [3.8, 4) is 0 Å². The number of pyridine rings is 1.